The van der Waals surface area contributed by atoms with Gasteiger partial charge in [-0.2, -0.15) is 0 Å². The Labute approximate surface area is 131 Å². The molecule has 3 rings (SSSR count). The Morgan fingerprint density at radius 2 is 2.15 bits per heavy atom. The molecule has 0 atom stereocenters. The van der Waals surface area contributed by atoms with E-state index in [1.807, 2.05) is 12.1 Å². The van der Waals surface area contributed by atoms with Crippen LogP contribution in [0.5, 0.6) is 5.75 Å². The van der Waals surface area contributed by atoms with Gasteiger partial charge in [0.1, 0.15) is 5.75 Å². The van der Waals surface area contributed by atoms with Crippen molar-refractivity contribution in [3.63, 3.8) is 0 Å². The highest BCUT2D eigenvalue weighted by Gasteiger charge is 2.17. The first kappa shape index (κ1) is 13.6. The first-order valence-electron chi connectivity index (χ1n) is 6.36. The molecule has 0 aliphatic carbocycles. The maximum absolute atomic E-state index is 5.94. The van der Waals surface area contributed by atoms with E-state index < -0.39 is 0 Å². The van der Waals surface area contributed by atoms with E-state index in [1.165, 1.54) is 5.56 Å². The Bertz CT molecular complexity index is 661. The molecule has 0 saturated heterocycles. The topological polar surface area (TPSA) is 47.3 Å². The number of nitrogen functional groups attached to an aromatic ring is 1. The quantitative estimate of drug-likeness (QED) is 0.812. The average molecular weight is 354 g/mol. The molecule has 0 fully saturated rings. The molecule has 5 heteroatoms. The Morgan fingerprint density at radius 1 is 1.30 bits per heavy atom. The van der Waals surface area contributed by atoms with Crippen LogP contribution in [0.3, 0.4) is 0 Å². The lowest BCUT2D eigenvalue weighted by atomic mass is 10.1. The van der Waals surface area contributed by atoms with Crippen LogP contribution in [0.4, 0.5) is 11.4 Å². The summed E-state index contributed by atoms with van der Waals surface area (Å²) >= 11 is 9.44. The highest BCUT2D eigenvalue weighted by Crippen LogP contribution is 2.34. The minimum atomic E-state index is 0.639. The molecule has 3 N–H and O–H groups in total. The van der Waals surface area contributed by atoms with Crippen molar-refractivity contribution < 1.29 is 4.74 Å². The third-order valence-corrected chi connectivity index (χ3v) is 4.00. The average Bonchev–Trinajstić information content (AvgIpc) is 2.85. The highest BCUT2D eigenvalue weighted by atomic mass is 79.9. The van der Waals surface area contributed by atoms with E-state index in [2.05, 4.69) is 33.4 Å². The zero-order valence-electron chi connectivity index (χ0n) is 10.7. The Morgan fingerprint density at radius 3 is 2.95 bits per heavy atom. The SMILES string of the molecule is Nc1cc(Cl)ccc1NCc1cc(Br)cc2c1OCC2. The van der Waals surface area contributed by atoms with Gasteiger partial charge in [-0.1, -0.05) is 27.5 Å². The maximum Gasteiger partial charge on any atom is 0.127 e. The Hall–Kier alpha value is -1.39. The van der Waals surface area contributed by atoms with Crippen LogP contribution in [0.15, 0.2) is 34.8 Å². The molecule has 1 heterocycles. The van der Waals surface area contributed by atoms with Crippen molar-refractivity contribution in [1.29, 1.82) is 0 Å². The number of fused-ring (bicyclic) bond motifs is 1. The fourth-order valence-corrected chi connectivity index (χ4v) is 3.10. The van der Waals surface area contributed by atoms with Gasteiger partial charge in [-0.3, -0.25) is 0 Å². The van der Waals surface area contributed by atoms with Crippen molar-refractivity contribution in [3.05, 3.63) is 51.0 Å². The molecule has 0 bridgehead atoms. The summed E-state index contributed by atoms with van der Waals surface area (Å²) in [6.07, 6.45) is 0.963. The number of hydrogen-bond donors (Lipinski definition) is 2. The number of hydrogen-bond acceptors (Lipinski definition) is 3. The summed E-state index contributed by atoms with van der Waals surface area (Å²) in [5, 5.41) is 3.97. The predicted molar refractivity (Wildman–Crippen MR) is 86.5 cm³/mol. The summed E-state index contributed by atoms with van der Waals surface area (Å²) in [5.74, 6) is 0.994. The zero-order chi connectivity index (χ0) is 14.1. The number of ether oxygens (including phenoxy) is 1. The third-order valence-electron chi connectivity index (χ3n) is 3.31. The monoisotopic (exact) mass is 352 g/mol. The van der Waals surface area contributed by atoms with Crippen molar-refractivity contribution in [3.8, 4) is 5.75 Å². The van der Waals surface area contributed by atoms with E-state index in [9.17, 15) is 0 Å². The number of nitrogens with one attached hydrogen (secondary N) is 1. The molecule has 1 aliphatic heterocycles. The van der Waals surface area contributed by atoms with E-state index in [4.69, 9.17) is 22.1 Å². The fourth-order valence-electron chi connectivity index (χ4n) is 2.36. The lowest BCUT2D eigenvalue weighted by molar-refractivity contribution is 0.354. The summed E-state index contributed by atoms with van der Waals surface area (Å²) in [6.45, 7) is 1.41. The number of benzene rings is 2. The van der Waals surface area contributed by atoms with Crippen LogP contribution in [0.25, 0.3) is 0 Å². The second-order valence-corrected chi connectivity index (χ2v) is 6.09. The lowest BCUT2D eigenvalue weighted by Crippen LogP contribution is -2.04. The number of anilines is 2. The van der Waals surface area contributed by atoms with Crippen LogP contribution in [0.1, 0.15) is 11.1 Å². The Balaban J connectivity index is 1.82. The van der Waals surface area contributed by atoms with Crippen LogP contribution >= 0.6 is 27.5 Å². The van der Waals surface area contributed by atoms with Crippen molar-refractivity contribution in [1.82, 2.24) is 0 Å². The molecule has 20 heavy (non-hydrogen) atoms. The summed E-state index contributed by atoms with van der Waals surface area (Å²) in [6, 6.07) is 9.64. The molecule has 104 valence electrons. The molecule has 0 saturated carbocycles. The van der Waals surface area contributed by atoms with Crippen LogP contribution in [0, 0.1) is 0 Å². The molecule has 0 aromatic heterocycles. The third kappa shape index (κ3) is 2.72. The van der Waals surface area contributed by atoms with Crippen molar-refractivity contribution in [2.75, 3.05) is 17.7 Å². The molecular weight excluding hydrogens is 340 g/mol. The number of halogens is 2. The zero-order valence-corrected chi connectivity index (χ0v) is 13.1. The van der Waals surface area contributed by atoms with E-state index in [0.717, 1.165) is 34.5 Å². The van der Waals surface area contributed by atoms with Gasteiger partial charge in [-0.15, -0.1) is 0 Å². The predicted octanol–water partition coefficient (Wildman–Crippen LogP) is 4.23. The molecular formula is C15H14BrClN2O. The van der Waals surface area contributed by atoms with E-state index in [1.54, 1.807) is 6.07 Å². The normalized spacial score (nSPS) is 12.9. The van der Waals surface area contributed by atoms with Crippen LogP contribution < -0.4 is 15.8 Å². The number of rotatable bonds is 3. The van der Waals surface area contributed by atoms with E-state index in [-0.39, 0.29) is 0 Å². The maximum atomic E-state index is 5.94. The smallest absolute Gasteiger partial charge is 0.127 e. The van der Waals surface area contributed by atoms with Crippen LogP contribution in [-0.2, 0) is 13.0 Å². The second kappa shape index (κ2) is 5.54. The first-order chi connectivity index (χ1) is 9.63. The second-order valence-electron chi connectivity index (χ2n) is 4.74. The van der Waals surface area contributed by atoms with Crippen LogP contribution in [-0.4, -0.2) is 6.61 Å². The van der Waals surface area contributed by atoms with Crippen molar-refractivity contribution >= 4 is 38.9 Å². The first-order valence-corrected chi connectivity index (χ1v) is 7.53. The largest absolute Gasteiger partial charge is 0.493 e. The molecule has 3 nitrogen and oxygen atoms in total. The van der Waals surface area contributed by atoms with E-state index >= 15 is 0 Å². The van der Waals surface area contributed by atoms with Gasteiger partial charge in [0.15, 0.2) is 0 Å². The summed E-state index contributed by atoms with van der Waals surface area (Å²) < 4.78 is 6.78. The summed E-state index contributed by atoms with van der Waals surface area (Å²) in [7, 11) is 0. The van der Waals surface area contributed by atoms with Gasteiger partial charge >= 0.3 is 0 Å². The molecule has 2 aromatic carbocycles. The standard InChI is InChI=1S/C15H14BrClN2O/c16-11-5-9-3-4-20-15(9)10(6-11)8-19-14-2-1-12(17)7-13(14)18/h1-2,5-7,19H,3-4,8,18H2. The minimum Gasteiger partial charge on any atom is -0.493 e. The molecule has 0 unspecified atom stereocenters. The van der Waals surface area contributed by atoms with Gasteiger partial charge in [-0.05, 0) is 35.9 Å². The molecule has 0 spiro atoms. The fraction of sp³-hybridized carbons (Fsp3) is 0.200. The molecule has 0 radical (unpaired) electrons. The van der Waals surface area contributed by atoms with Crippen molar-refractivity contribution in [2.24, 2.45) is 0 Å². The summed E-state index contributed by atoms with van der Waals surface area (Å²) in [5.41, 5.74) is 9.84. The molecule has 0 amide bonds. The lowest BCUT2D eigenvalue weighted by Gasteiger charge is -2.13. The molecule has 1 aliphatic rings. The van der Waals surface area contributed by atoms with Gasteiger partial charge in [0, 0.05) is 28.0 Å². The van der Waals surface area contributed by atoms with Gasteiger partial charge < -0.3 is 15.8 Å². The van der Waals surface area contributed by atoms with Gasteiger partial charge in [0.25, 0.3) is 0 Å². The van der Waals surface area contributed by atoms with E-state index in [0.29, 0.717) is 17.3 Å². The Kier molecular flexibility index (Phi) is 3.76. The van der Waals surface area contributed by atoms with Gasteiger partial charge in [0.05, 0.1) is 18.0 Å². The highest BCUT2D eigenvalue weighted by molar-refractivity contribution is 9.10. The van der Waals surface area contributed by atoms with Gasteiger partial charge in [0.2, 0.25) is 0 Å². The summed E-state index contributed by atoms with van der Waals surface area (Å²) in [4.78, 5) is 0. The van der Waals surface area contributed by atoms with Gasteiger partial charge in [-0.25, -0.2) is 0 Å². The number of nitrogens with two attached hydrogens (primary N) is 1. The molecule has 2 aromatic rings. The van der Waals surface area contributed by atoms with Crippen LogP contribution in [0.2, 0.25) is 5.02 Å². The van der Waals surface area contributed by atoms with Crippen molar-refractivity contribution in [2.45, 2.75) is 13.0 Å². The minimum absolute atomic E-state index is 0.639.